The fourth-order valence-electron chi connectivity index (χ4n) is 3.50. The summed E-state index contributed by atoms with van der Waals surface area (Å²) in [7, 11) is 1.63. The molecule has 0 radical (unpaired) electrons. The Morgan fingerprint density at radius 3 is 2.49 bits per heavy atom. The first-order chi connectivity index (χ1) is 16.8. The number of halogens is 1. The molecular weight excluding hydrogens is 470 g/mol. The maximum Gasteiger partial charge on any atom is 0.331 e. The van der Waals surface area contributed by atoms with E-state index in [0.717, 1.165) is 0 Å². The van der Waals surface area contributed by atoms with E-state index >= 15 is 0 Å². The molecule has 186 valence electrons. The van der Waals surface area contributed by atoms with Crippen LogP contribution in [0.2, 0.25) is 0 Å². The number of hydrogen-bond donors (Lipinski definition) is 2. The van der Waals surface area contributed by atoms with Crippen molar-refractivity contribution in [2.75, 3.05) is 12.4 Å². The summed E-state index contributed by atoms with van der Waals surface area (Å²) in [5.74, 6) is -0.724. The number of hydrogen-bond acceptors (Lipinski definition) is 5. The lowest BCUT2D eigenvalue weighted by atomic mass is 10.1. The zero-order chi connectivity index (χ0) is 26.0. The Morgan fingerprint density at radius 2 is 1.86 bits per heavy atom. The number of fused-ring (bicyclic) bond motifs is 1. The van der Waals surface area contributed by atoms with Crippen LogP contribution < -0.4 is 21.9 Å². The molecule has 2 amide bonds. The summed E-state index contributed by atoms with van der Waals surface area (Å²) in [6, 6.07) is 4.38. The second-order valence-electron chi connectivity index (χ2n) is 7.64. The van der Waals surface area contributed by atoms with Gasteiger partial charge < -0.3 is 10.6 Å². The maximum absolute atomic E-state index is 12.8. The Balaban J connectivity index is 2.15. The normalized spacial score (nSPS) is 13.2. The summed E-state index contributed by atoms with van der Waals surface area (Å²) in [6.07, 6.45) is 7.94. The summed E-state index contributed by atoms with van der Waals surface area (Å²) in [5.41, 5.74) is 1.72. The molecule has 9 nitrogen and oxygen atoms in total. The van der Waals surface area contributed by atoms with Gasteiger partial charge in [0.2, 0.25) is 5.91 Å². The minimum atomic E-state index is -0.473. The third-order valence-corrected chi connectivity index (χ3v) is 5.26. The van der Waals surface area contributed by atoms with Gasteiger partial charge in [-0.2, -0.15) is 0 Å². The van der Waals surface area contributed by atoms with Crippen molar-refractivity contribution < 1.29 is 9.59 Å². The van der Waals surface area contributed by atoms with Gasteiger partial charge in [-0.25, -0.2) is 4.79 Å². The van der Waals surface area contributed by atoms with E-state index in [-0.39, 0.29) is 30.5 Å². The van der Waals surface area contributed by atoms with Crippen LogP contribution in [-0.2, 0) is 22.7 Å². The number of rotatable bonds is 10. The van der Waals surface area contributed by atoms with Crippen LogP contribution in [0.3, 0.4) is 0 Å². The van der Waals surface area contributed by atoms with Gasteiger partial charge in [-0.15, -0.1) is 0 Å². The van der Waals surface area contributed by atoms with Crippen LogP contribution in [0.4, 0.5) is 5.69 Å². The predicted molar refractivity (Wildman–Crippen MR) is 141 cm³/mol. The number of nitrogens with zero attached hydrogens (tertiary/aromatic N) is 3. The Kier molecular flexibility index (Phi) is 10.4. The van der Waals surface area contributed by atoms with Crippen molar-refractivity contribution in [1.82, 2.24) is 14.5 Å². The molecule has 1 unspecified atom stereocenters. The van der Waals surface area contributed by atoms with Crippen molar-refractivity contribution in [1.29, 1.82) is 0 Å². The number of carbonyl (C=O) groups is 2. The molecule has 2 rings (SSSR count). The van der Waals surface area contributed by atoms with Crippen LogP contribution in [0.1, 0.15) is 27.2 Å². The van der Waals surface area contributed by atoms with Crippen molar-refractivity contribution in [3.63, 3.8) is 0 Å². The molecule has 0 saturated heterocycles. The van der Waals surface area contributed by atoms with E-state index in [0.29, 0.717) is 28.7 Å². The van der Waals surface area contributed by atoms with E-state index in [1.165, 1.54) is 20.7 Å². The van der Waals surface area contributed by atoms with Gasteiger partial charge in [0.1, 0.15) is 0 Å². The van der Waals surface area contributed by atoms with E-state index in [4.69, 9.17) is 11.6 Å². The average molecular weight is 500 g/mol. The summed E-state index contributed by atoms with van der Waals surface area (Å²) in [6.45, 7) is 5.93. The molecule has 0 aliphatic heterocycles. The summed E-state index contributed by atoms with van der Waals surface area (Å²) in [5, 5.41) is 5.86. The van der Waals surface area contributed by atoms with Crippen molar-refractivity contribution in [3.8, 4) is 0 Å². The fraction of sp³-hybridized carbons (Fsp3) is 0.320. The molecule has 0 bridgehead atoms. The lowest BCUT2D eigenvalue weighted by Gasteiger charge is -2.15. The summed E-state index contributed by atoms with van der Waals surface area (Å²) >= 11 is 5.63. The first-order valence-electron chi connectivity index (χ1n) is 11.2. The molecule has 2 aromatic rings. The standard InChI is InChI=1S/C25H30ClN5O4/c1-5-30-21-11-10-19(16-20(21)24(34)31(6-2)25(30)35)29-22(32)15-17(3)28-23(33)18(12-13-26)9-7-8-14-27-4/h7-14,16-17H,5-6,15H2,1-4H3,(H,28,33)(H,29,32)/b8-7+,13-12+,18-9+,27-14?. The number of allylic oxidation sites excluding steroid dienone is 3. The van der Waals surface area contributed by atoms with E-state index in [2.05, 4.69) is 15.6 Å². The van der Waals surface area contributed by atoms with Crippen LogP contribution in [0, 0.1) is 0 Å². The monoisotopic (exact) mass is 499 g/mol. The topological polar surface area (TPSA) is 115 Å². The van der Waals surface area contributed by atoms with E-state index in [1.54, 1.807) is 63.5 Å². The van der Waals surface area contributed by atoms with Gasteiger partial charge in [0.25, 0.3) is 11.5 Å². The number of nitrogens with one attached hydrogen (secondary N) is 2. The molecule has 0 saturated carbocycles. The van der Waals surface area contributed by atoms with E-state index in [9.17, 15) is 19.2 Å². The number of aromatic nitrogens is 2. The van der Waals surface area contributed by atoms with Crippen molar-refractivity contribution in [2.24, 2.45) is 4.99 Å². The molecule has 1 aromatic carbocycles. The Bertz CT molecular complexity index is 1320. The Labute approximate surface area is 208 Å². The van der Waals surface area contributed by atoms with Gasteiger partial charge in [0.15, 0.2) is 0 Å². The van der Waals surface area contributed by atoms with Gasteiger partial charge in [-0.1, -0.05) is 17.7 Å². The summed E-state index contributed by atoms with van der Waals surface area (Å²) in [4.78, 5) is 54.2. The molecule has 0 aliphatic rings. The molecule has 0 aliphatic carbocycles. The van der Waals surface area contributed by atoms with Gasteiger partial charge in [0, 0.05) is 55.6 Å². The number of carbonyl (C=O) groups excluding carboxylic acids is 2. The first kappa shape index (κ1) is 27.5. The number of aliphatic imine (C=N–C) groups is 1. The number of benzene rings is 1. The zero-order valence-corrected chi connectivity index (χ0v) is 21.0. The largest absolute Gasteiger partial charge is 0.349 e. The first-order valence-corrected chi connectivity index (χ1v) is 11.6. The minimum Gasteiger partial charge on any atom is -0.349 e. The SMILES string of the molecule is CCn1c(=O)c2cc(NC(=O)CC(C)NC(=O)C(/C=C/Cl)=C/C=C/C=NC)ccc2n(CC)c1=O. The molecule has 1 aromatic heterocycles. The lowest BCUT2D eigenvalue weighted by molar-refractivity contribution is -0.118. The molecule has 35 heavy (non-hydrogen) atoms. The summed E-state index contributed by atoms with van der Waals surface area (Å²) < 4.78 is 2.69. The average Bonchev–Trinajstić information content (AvgIpc) is 2.81. The van der Waals surface area contributed by atoms with E-state index < -0.39 is 11.6 Å². The van der Waals surface area contributed by atoms with Crippen LogP contribution in [0.15, 0.2) is 68.2 Å². The van der Waals surface area contributed by atoms with E-state index in [1.807, 2.05) is 6.92 Å². The number of anilines is 1. The fourth-order valence-corrected chi connectivity index (χ4v) is 3.64. The third-order valence-electron chi connectivity index (χ3n) is 5.14. The predicted octanol–water partition coefficient (Wildman–Crippen LogP) is 2.97. The highest BCUT2D eigenvalue weighted by Crippen LogP contribution is 2.16. The Morgan fingerprint density at radius 1 is 1.14 bits per heavy atom. The second kappa shape index (κ2) is 13.2. The number of amides is 2. The lowest BCUT2D eigenvalue weighted by Crippen LogP contribution is -2.39. The second-order valence-corrected chi connectivity index (χ2v) is 7.89. The number of aryl methyl sites for hydroxylation is 1. The minimum absolute atomic E-state index is 0.00757. The highest BCUT2D eigenvalue weighted by molar-refractivity contribution is 6.26. The van der Waals surface area contributed by atoms with Crippen LogP contribution >= 0.6 is 11.6 Å². The highest BCUT2D eigenvalue weighted by atomic mass is 35.5. The Hall–Kier alpha value is -3.72. The zero-order valence-electron chi connectivity index (χ0n) is 20.2. The smallest absolute Gasteiger partial charge is 0.331 e. The van der Waals surface area contributed by atoms with Crippen LogP contribution in [0.5, 0.6) is 0 Å². The maximum atomic E-state index is 12.8. The third kappa shape index (κ3) is 7.13. The van der Waals surface area contributed by atoms with Crippen LogP contribution in [0.25, 0.3) is 10.9 Å². The molecule has 10 heteroatoms. The van der Waals surface area contributed by atoms with Crippen molar-refractivity contribution >= 4 is 46.2 Å². The molecule has 1 atom stereocenters. The quantitative estimate of drug-likeness (QED) is 0.297. The van der Waals surface area contributed by atoms with Crippen molar-refractivity contribution in [2.45, 2.75) is 46.3 Å². The molecular formula is C25H30ClN5O4. The van der Waals surface area contributed by atoms with Gasteiger partial charge in [-0.3, -0.25) is 28.5 Å². The van der Waals surface area contributed by atoms with Gasteiger partial charge >= 0.3 is 5.69 Å². The highest BCUT2D eigenvalue weighted by Gasteiger charge is 2.16. The molecule has 0 fully saturated rings. The van der Waals surface area contributed by atoms with Crippen molar-refractivity contribution in [3.05, 3.63) is 74.4 Å². The van der Waals surface area contributed by atoms with Gasteiger partial charge in [0.05, 0.1) is 10.9 Å². The molecule has 0 spiro atoms. The van der Waals surface area contributed by atoms with Crippen LogP contribution in [-0.4, -0.2) is 40.3 Å². The van der Waals surface area contributed by atoms with Gasteiger partial charge in [-0.05, 0) is 57.2 Å². The molecule has 2 N–H and O–H groups in total. The molecule has 1 heterocycles.